The van der Waals surface area contributed by atoms with Crippen molar-refractivity contribution in [3.63, 3.8) is 0 Å². The van der Waals surface area contributed by atoms with E-state index in [-0.39, 0.29) is 29.0 Å². The van der Waals surface area contributed by atoms with Crippen molar-refractivity contribution in [3.05, 3.63) is 120 Å². The van der Waals surface area contributed by atoms with Crippen LogP contribution in [0.25, 0.3) is 0 Å². The third-order valence-corrected chi connectivity index (χ3v) is 15.3. The fourth-order valence-corrected chi connectivity index (χ4v) is 11.2. The number of thioether (sulfide) groups is 2. The number of aryl methyl sites for hydroxylation is 1. The molecule has 63 heavy (non-hydrogen) atoms. The fourth-order valence-electron chi connectivity index (χ4n) is 8.18. The molecule has 0 saturated carbocycles. The minimum absolute atomic E-state index is 0.0119. The molecule has 0 radical (unpaired) electrons. The quantitative estimate of drug-likeness (QED) is 0.0850. The molecule has 4 aromatic carbocycles. The number of rotatable bonds is 20. The molecule has 8 heteroatoms. The number of ether oxygens (including phenoxy) is 4. The van der Waals surface area contributed by atoms with E-state index in [1.807, 2.05) is 92.0 Å². The molecule has 6 rings (SSSR count). The van der Waals surface area contributed by atoms with E-state index in [1.165, 1.54) is 26.5 Å². The van der Waals surface area contributed by atoms with Crippen molar-refractivity contribution < 1.29 is 29.2 Å². The summed E-state index contributed by atoms with van der Waals surface area (Å²) in [7, 11) is 0. The second-order valence-electron chi connectivity index (χ2n) is 16.6. The van der Waals surface area contributed by atoms with Gasteiger partial charge in [-0.1, -0.05) is 148 Å². The van der Waals surface area contributed by atoms with Crippen LogP contribution in [0.5, 0.6) is 11.5 Å². The molecule has 4 aromatic rings. The molecule has 0 saturated heterocycles. The SMILES string of the molecule is CC.CCCC[C@]1(CC)CSc2ccc(OCCOCCOCCOc3ccc4c(c3)[C@H](C)[C@H](O)[C@@](CC)(CCCC)CS4)cc2C[C@H]1O.CCc1ccccc1.c1ccccc1. The van der Waals surface area contributed by atoms with Crippen LogP contribution in [0.3, 0.4) is 0 Å². The van der Waals surface area contributed by atoms with Crippen molar-refractivity contribution in [2.75, 3.05) is 51.1 Å². The summed E-state index contributed by atoms with van der Waals surface area (Å²) < 4.78 is 23.5. The van der Waals surface area contributed by atoms with E-state index in [0.29, 0.717) is 46.1 Å². The smallest absolute Gasteiger partial charge is 0.119 e. The summed E-state index contributed by atoms with van der Waals surface area (Å²) in [5.41, 5.74) is 3.73. The number of aliphatic hydroxyl groups is 2. The van der Waals surface area contributed by atoms with Crippen molar-refractivity contribution in [3.8, 4) is 11.5 Å². The van der Waals surface area contributed by atoms with Gasteiger partial charge < -0.3 is 29.2 Å². The van der Waals surface area contributed by atoms with Gasteiger partial charge in [0.25, 0.3) is 0 Å². The molecule has 5 atom stereocenters. The van der Waals surface area contributed by atoms with Crippen LogP contribution in [0.2, 0.25) is 0 Å². The molecule has 350 valence electrons. The van der Waals surface area contributed by atoms with Crippen LogP contribution in [0.1, 0.15) is 129 Å². The van der Waals surface area contributed by atoms with E-state index >= 15 is 0 Å². The summed E-state index contributed by atoms with van der Waals surface area (Å²) >= 11 is 3.77. The molecule has 2 N–H and O–H groups in total. The van der Waals surface area contributed by atoms with Gasteiger partial charge in [0, 0.05) is 44.5 Å². The molecule has 0 aliphatic carbocycles. The first-order valence-electron chi connectivity index (χ1n) is 24.1. The van der Waals surface area contributed by atoms with Crippen LogP contribution in [-0.2, 0) is 22.3 Å². The van der Waals surface area contributed by atoms with Crippen LogP contribution < -0.4 is 9.47 Å². The van der Waals surface area contributed by atoms with Crippen molar-refractivity contribution in [1.29, 1.82) is 0 Å². The van der Waals surface area contributed by atoms with E-state index in [4.69, 9.17) is 18.9 Å². The van der Waals surface area contributed by atoms with Gasteiger partial charge in [0.05, 0.1) is 38.6 Å². The van der Waals surface area contributed by atoms with Crippen LogP contribution >= 0.6 is 23.5 Å². The van der Waals surface area contributed by atoms with Gasteiger partial charge in [-0.2, -0.15) is 0 Å². The van der Waals surface area contributed by atoms with Crippen molar-refractivity contribution in [2.45, 2.75) is 148 Å². The maximum Gasteiger partial charge on any atom is 0.119 e. The number of hydrogen-bond acceptors (Lipinski definition) is 8. The lowest BCUT2D eigenvalue weighted by atomic mass is 9.71. The highest BCUT2D eigenvalue weighted by Gasteiger charge is 2.42. The Kier molecular flexibility index (Phi) is 26.8. The van der Waals surface area contributed by atoms with E-state index in [2.05, 4.69) is 90.1 Å². The lowest BCUT2D eigenvalue weighted by Gasteiger charge is -2.38. The largest absolute Gasteiger partial charge is 0.491 e. The summed E-state index contributed by atoms with van der Waals surface area (Å²) in [5.74, 6) is 3.65. The molecule has 2 aliphatic rings. The Morgan fingerprint density at radius 3 is 1.59 bits per heavy atom. The Labute approximate surface area is 391 Å². The number of aliphatic hydroxyl groups excluding tert-OH is 2. The Bertz CT molecular complexity index is 1730. The molecule has 0 unspecified atom stereocenters. The summed E-state index contributed by atoms with van der Waals surface area (Å²) in [6, 6.07) is 35.0. The van der Waals surface area contributed by atoms with Crippen LogP contribution in [0.4, 0.5) is 0 Å². The van der Waals surface area contributed by atoms with E-state index in [9.17, 15) is 10.2 Å². The normalized spacial score (nSPS) is 21.3. The number of benzene rings is 4. The second-order valence-corrected chi connectivity index (χ2v) is 18.6. The van der Waals surface area contributed by atoms with Crippen LogP contribution in [0, 0.1) is 10.8 Å². The molecule has 6 nitrogen and oxygen atoms in total. The van der Waals surface area contributed by atoms with Gasteiger partial charge in [-0.15, -0.1) is 23.5 Å². The number of unbranched alkanes of at least 4 members (excludes halogenated alkanes) is 2. The highest BCUT2D eigenvalue weighted by atomic mass is 32.2. The monoisotopic (exact) mass is 903 g/mol. The molecule has 0 amide bonds. The van der Waals surface area contributed by atoms with Crippen molar-refractivity contribution in [1.82, 2.24) is 0 Å². The molecule has 2 heterocycles. The van der Waals surface area contributed by atoms with Gasteiger partial charge in [0.2, 0.25) is 0 Å². The second kappa shape index (κ2) is 31.0. The van der Waals surface area contributed by atoms with Crippen LogP contribution in [0.15, 0.2) is 113 Å². The Morgan fingerprint density at radius 1 is 0.587 bits per heavy atom. The van der Waals surface area contributed by atoms with Crippen LogP contribution in [-0.4, -0.2) is 73.6 Å². The number of fused-ring (bicyclic) bond motifs is 2. The van der Waals surface area contributed by atoms with Gasteiger partial charge in [-0.05, 0) is 85.2 Å². The third kappa shape index (κ3) is 17.7. The standard InChI is InChI=1S/C39H60O6S2.C8H10.C6H6.C2H6/c1-6-10-16-38(8-3)27-46-34-14-12-31(24-30(34)25-36(38)40)44-22-20-42-18-19-43-21-23-45-32-13-15-35-33(26-32)29(5)37(41)39(9-4,28-47-35)17-11-7-2;1-2-8-6-4-3-5-7-8;1-2-4-6-5-3-1;1-2/h12-15,24,26,29,36-37,40-41H,6-11,16-23,25,27-28H2,1-5H3;3-7H,2H2,1H3;1-6H;1-2H3/t29-,36+,37-,38+,39-;;;/m0.../s1. The molecule has 0 fully saturated rings. The van der Waals surface area contributed by atoms with Gasteiger partial charge >= 0.3 is 0 Å². The highest BCUT2D eigenvalue weighted by Crippen LogP contribution is 2.49. The zero-order valence-corrected chi connectivity index (χ0v) is 41.8. The van der Waals surface area contributed by atoms with E-state index in [1.54, 1.807) is 0 Å². The average molecular weight is 903 g/mol. The molecule has 0 spiro atoms. The summed E-state index contributed by atoms with van der Waals surface area (Å²) in [6.07, 6.45) is 9.92. The lowest BCUT2D eigenvalue weighted by Crippen LogP contribution is -2.39. The summed E-state index contributed by atoms with van der Waals surface area (Å²) in [6.45, 7) is 20.1. The van der Waals surface area contributed by atoms with Gasteiger partial charge in [0.15, 0.2) is 0 Å². The van der Waals surface area contributed by atoms with Crippen molar-refractivity contribution >= 4 is 23.5 Å². The Hall–Kier alpha value is -2.98. The van der Waals surface area contributed by atoms with E-state index in [0.717, 1.165) is 80.8 Å². The zero-order chi connectivity index (χ0) is 45.8. The molecule has 2 aliphatic heterocycles. The number of hydrogen-bond donors (Lipinski definition) is 2. The summed E-state index contributed by atoms with van der Waals surface area (Å²) in [5, 5.41) is 22.6. The first kappa shape index (κ1) is 54.4. The van der Waals surface area contributed by atoms with Gasteiger partial charge in [0.1, 0.15) is 24.7 Å². The predicted molar refractivity (Wildman–Crippen MR) is 269 cm³/mol. The van der Waals surface area contributed by atoms with E-state index < -0.39 is 0 Å². The molecule has 0 bridgehead atoms. The first-order valence-corrected chi connectivity index (χ1v) is 26.0. The van der Waals surface area contributed by atoms with Gasteiger partial charge in [-0.3, -0.25) is 0 Å². The lowest BCUT2D eigenvalue weighted by molar-refractivity contribution is 0.0133. The molecular formula is C55H82O6S2. The Morgan fingerprint density at radius 2 is 1.06 bits per heavy atom. The fraction of sp³-hybridized carbons (Fsp3) is 0.564. The third-order valence-electron chi connectivity index (χ3n) is 12.5. The topological polar surface area (TPSA) is 77.4 Å². The predicted octanol–water partition coefficient (Wildman–Crippen LogP) is 13.9. The average Bonchev–Trinajstić information content (AvgIpc) is 3.54. The minimum atomic E-state index is -0.357. The summed E-state index contributed by atoms with van der Waals surface area (Å²) in [4.78, 5) is 2.52. The molecular weight excluding hydrogens is 821 g/mol. The van der Waals surface area contributed by atoms with Crippen molar-refractivity contribution in [2.24, 2.45) is 10.8 Å². The highest BCUT2D eigenvalue weighted by molar-refractivity contribution is 7.99. The molecule has 0 aromatic heterocycles. The zero-order valence-electron chi connectivity index (χ0n) is 40.1. The maximum absolute atomic E-state index is 11.4. The first-order chi connectivity index (χ1) is 30.7. The van der Waals surface area contributed by atoms with Gasteiger partial charge in [-0.25, -0.2) is 0 Å². The minimum Gasteiger partial charge on any atom is -0.491 e. The maximum atomic E-state index is 11.4. The Balaban J connectivity index is 0.000000551.